The SMILES string of the molecule is CN=C(NCCc1ccc(NC(C)=O)cc1)NC1CCN(c2cccs2)CC1. The third-order valence-corrected chi connectivity index (χ3v) is 5.79. The number of nitrogens with one attached hydrogen (secondary N) is 3. The molecule has 0 aliphatic carbocycles. The van der Waals surface area contributed by atoms with E-state index in [9.17, 15) is 4.79 Å². The zero-order valence-electron chi connectivity index (χ0n) is 16.6. The van der Waals surface area contributed by atoms with E-state index in [1.807, 2.05) is 42.6 Å². The number of carbonyl (C=O) groups is 1. The molecule has 1 aromatic heterocycles. The molecule has 0 spiro atoms. The molecule has 0 atom stereocenters. The Bertz CT molecular complexity index is 765. The number of aliphatic imine (C=N–C) groups is 1. The summed E-state index contributed by atoms with van der Waals surface area (Å²) in [6.07, 6.45) is 3.13. The second-order valence-corrected chi connectivity index (χ2v) is 7.91. The van der Waals surface area contributed by atoms with E-state index in [1.54, 1.807) is 0 Å². The lowest BCUT2D eigenvalue weighted by Crippen LogP contribution is -2.49. The molecule has 3 N–H and O–H groups in total. The molecule has 1 aliphatic heterocycles. The van der Waals surface area contributed by atoms with Crippen LogP contribution >= 0.6 is 11.3 Å². The van der Waals surface area contributed by atoms with Crippen molar-refractivity contribution < 1.29 is 4.79 Å². The van der Waals surface area contributed by atoms with Gasteiger partial charge in [-0.1, -0.05) is 12.1 Å². The van der Waals surface area contributed by atoms with Crippen molar-refractivity contribution in [1.29, 1.82) is 0 Å². The summed E-state index contributed by atoms with van der Waals surface area (Å²) in [4.78, 5) is 17.9. The van der Waals surface area contributed by atoms with Gasteiger partial charge in [-0.25, -0.2) is 0 Å². The summed E-state index contributed by atoms with van der Waals surface area (Å²) < 4.78 is 0. The van der Waals surface area contributed by atoms with Crippen LogP contribution in [0.3, 0.4) is 0 Å². The van der Waals surface area contributed by atoms with Crippen LogP contribution in [0.1, 0.15) is 25.3 Å². The number of nitrogens with zero attached hydrogens (tertiary/aromatic N) is 2. The highest BCUT2D eigenvalue weighted by atomic mass is 32.1. The molecule has 1 aliphatic rings. The third kappa shape index (κ3) is 5.99. The Morgan fingerprint density at radius 3 is 2.57 bits per heavy atom. The van der Waals surface area contributed by atoms with Crippen LogP contribution in [0.15, 0.2) is 46.8 Å². The fraction of sp³-hybridized carbons (Fsp3) is 0.429. The Kier molecular flexibility index (Phi) is 7.31. The van der Waals surface area contributed by atoms with E-state index in [0.717, 1.165) is 50.5 Å². The van der Waals surface area contributed by atoms with Crippen LogP contribution in [-0.2, 0) is 11.2 Å². The molecule has 0 bridgehead atoms. The van der Waals surface area contributed by atoms with Gasteiger partial charge in [0.05, 0.1) is 5.00 Å². The van der Waals surface area contributed by atoms with Crippen molar-refractivity contribution in [2.24, 2.45) is 4.99 Å². The highest BCUT2D eigenvalue weighted by Crippen LogP contribution is 2.24. The largest absolute Gasteiger partial charge is 0.363 e. The standard InChI is InChI=1S/C21H29N5OS/c1-16(27)24-18-7-5-17(6-8-18)9-12-23-21(22-2)25-19-10-13-26(14-11-19)20-4-3-15-28-20/h3-8,15,19H,9-14H2,1-2H3,(H,24,27)(H2,22,23,25). The van der Waals surface area contributed by atoms with Crippen LogP contribution in [0.2, 0.25) is 0 Å². The highest BCUT2D eigenvalue weighted by molar-refractivity contribution is 7.14. The molecule has 3 rings (SSSR count). The van der Waals surface area contributed by atoms with Gasteiger partial charge in [0.2, 0.25) is 5.91 Å². The van der Waals surface area contributed by atoms with Gasteiger partial charge in [0.15, 0.2) is 5.96 Å². The normalized spacial score (nSPS) is 15.4. The average Bonchev–Trinajstić information content (AvgIpc) is 3.23. The van der Waals surface area contributed by atoms with E-state index in [0.29, 0.717) is 6.04 Å². The van der Waals surface area contributed by atoms with Gasteiger partial charge in [0.1, 0.15) is 0 Å². The average molecular weight is 400 g/mol. The van der Waals surface area contributed by atoms with E-state index < -0.39 is 0 Å². The van der Waals surface area contributed by atoms with Gasteiger partial charge >= 0.3 is 0 Å². The number of thiophene rings is 1. The minimum Gasteiger partial charge on any atom is -0.363 e. The Hall–Kier alpha value is -2.54. The van der Waals surface area contributed by atoms with E-state index >= 15 is 0 Å². The molecule has 1 aromatic carbocycles. The quantitative estimate of drug-likeness (QED) is 0.516. The highest BCUT2D eigenvalue weighted by Gasteiger charge is 2.20. The summed E-state index contributed by atoms with van der Waals surface area (Å²) in [6, 6.07) is 12.7. The molecule has 0 unspecified atom stereocenters. The van der Waals surface area contributed by atoms with Gasteiger partial charge in [0, 0.05) is 45.3 Å². The first kappa shape index (κ1) is 20.2. The van der Waals surface area contributed by atoms with Crippen LogP contribution < -0.4 is 20.9 Å². The predicted molar refractivity (Wildman–Crippen MR) is 119 cm³/mol. The summed E-state index contributed by atoms with van der Waals surface area (Å²) in [5.41, 5.74) is 2.05. The minimum absolute atomic E-state index is 0.0505. The first-order chi connectivity index (χ1) is 13.6. The van der Waals surface area contributed by atoms with E-state index in [2.05, 4.69) is 43.4 Å². The first-order valence-electron chi connectivity index (χ1n) is 9.76. The van der Waals surface area contributed by atoms with Crippen molar-refractivity contribution in [2.75, 3.05) is 36.9 Å². The van der Waals surface area contributed by atoms with Gasteiger partial charge in [-0.3, -0.25) is 9.79 Å². The summed E-state index contributed by atoms with van der Waals surface area (Å²) in [5.74, 6) is 0.815. The Morgan fingerprint density at radius 2 is 1.96 bits per heavy atom. The Labute approximate surface area is 171 Å². The van der Waals surface area contributed by atoms with Crippen molar-refractivity contribution in [3.05, 3.63) is 47.3 Å². The lowest BCUT2D eigenvalue weighted by Gasteiger charge is -2.33. The first-order valence-corrected chi connectivity index (χ1v) is 10.6. The molecule has 0 saturated carbocycles. The van der Waals surface area contributed by atoms with Crippen LogP contribution in [0.4, 0.5) is 10.7 Å². The van der Waals surface area contributed by atoms with Crippen molar-refractivity contribution in [3.63, 3.8) is 0 Å². The number of hydrogen-bond acceptors (Lipinski definition) is 4. The van der Waals surface area contributed by atoms with E-state index in [-0.39, 0.29) is 5.91 Å². The molecule has 7 heteroatoms. The molecule has 1 saturated heterocycles. The van der Waals surface area contributed by atoms with E-state index in [1.165, 1.54) is 17.5 Å². The molecule has 28 heavy (non-hydrogen) atoms. The number of amides is 1. The number of anilines is 2. The molecule has 0 radical (unpaired) electrons. The Morgan fingerprint density at radius 1 is 1.21 bits per heavy atom. The maximum atomic E-state index is 11.1. The maximum absolute atomic E-state index is 11.1. The molecule has 2 aromatic rings. The summed E-state index contributed by atoms with van der Waals surface area (Å²) >= 11 is 1.81. The second-order valence-electron chi connectivity index (χ2n) is 6.98. The molecule has 6 nitrogen and oxygen atoms in total. The molecule has 150 valence electrons. The molecule has 2 heterocycles. The van der Waals surface area contributed by atoms with Gasteiger partial charge in [0.25, 0.3) is 0 Å². The number of guanidine groups is 1. The number of carbonyl (C=O) groups excluding carboxylic acids is 1. The number of piperidine rings is 1. The van der Waals surface area contributed by atoms with Crippen LogP contribution in [0.5, 0.6) is 0 Å². The third-order valence-electron chi connectivity index (χ3n) is 4.86. The van der Waals surface area contributed by atoms with Crippen LogP contribution in [0.25, 0.3) is 0 Å². The van der Waals surface area contributed by atoms with Crippen molar-refractivity contribution >= 4 is 33.9 Å². The maximum Gasteiger partial charge on any atom is 0.221 e. The zero-order valence-corrected chi connectivity index (χ0v) is 17.4. The minimum atomic E-state index is -0.0505. The lowest BCUT2D eigenvalue weighted by atomic mass is 10.1. The topological polar surface area (TPSA) is 68.8 Å². The monoisotopic (exact) mass is 399 g/mol. The fourth-order valence-electron chi connectivity index (χ4n) is 3.37. The molecular weight excluding hydrogens is 370 g/mol. The molecule has 1 amide bonds. The predicted octanol–water partition coefficient (Wildman–Crippen LogP) is 3.08. The van der Waals surface area contributed by atoms with Gasteiger partial charge in [-0.05, 0) is 54.5 Å². The lowest BCUT2D eigenvalue weighted by molar-refractivity contribution is -0.114. The summed E-state index contributed by atoms with van der Waals surface area (Å²) in [6.45, 7) is 4.49. The number of rotatable bonds is 6. The number of hydrogen-bond donors (Lipinski definition) is 3. The van der Waals surface area contributed by atoms with E-state index in [4.69, 9.17) is 0 Å². The fourth-order valence-corrected chi connectivity index (χ4v) is 4.15. The van der Waals surface area contributed by atoms with Crippen LogP contribution in [0, 0.1) is 0 Å². The van der Waals surface area contributed by atoms with Crippen molar-refractivity contribution in [3.8, 4) is 0 Å². The van der Waals surface area contributed by atoms with Crippen molar-refractivity contribution in [1.82, 2.24) is 10.6 Å². The van der Waals surface area contributed by atoms with Gasteiger partial charge < -0.3 is 20.9 Å². The van der Waals surface area contributed by atoms with Gasteiger partial charge in [-0.2, -0.15) is 0 Å². The Balaban J connectivity index is 1.38. The zero-order chi connectivity index (χ0) is 19.8. The summed E-state index contributed by atoms with van der Waals surface area (Å²) in [5, 5.41) is 13.3. The smallest absolute Gasteiger partial charge is 0.221 e. The molecule has 1 fully saturated rings. The van der Waals surface area contributed by atoms with Crippen molar-refractivity contribution in [2.45, 2.75) is 32.2 Å². The van der Waals surface area contributed by atoms with Crippen LogP contribution in [-0.4, -0.2) is 44.6 Å². The number of benzene rings is 1. The summed E-state index contributed by atoms with van der Waals surface area (Å²) in [7, 11) is 1.82. The molecular formula is C21H29N5OS. The second kappa shape index (κ2) is 10.1. The van der Waals surface area contributed by atoms with Gasteiger partial charge in [-0.15, -0.1) is 11.3 Å².